The Morgan fingerprint density at radius 2 is 1.40 bits per heavy atom. The van der Waals surface area contributed by atoms with Gasteiger partial charge in [-0.2, -0.15) is 0 Å². The van der Waals surface area contributed by atoms with E-state index in [9.17, 15) is 13.2 Å². The topological polar surface area (TPSA) is 30.8 Å². The van der Waals surface area contributed by atoms with Crippen LogP contribution in [0.5, 0.6) is 11.5 Å². The third-order valence-electron chi connectivity index (χ3n) is 6.67. The van der Waals surface area contributed by atoms with Gasteiger partial charge in [-0.25, -0.2) is 0 Å². The molecular weight excluding hydrogens is 451 g/mol. The van der Waals surface area contributed by atoms with Crippen LogP contribution in [-0.2, 0) is 5.41 Å². The predicted octanol–water partition coefficient (Wildman–Crippen LogP) is 7.18. The lowest BCUT2D eigenvalue weighted by Crippen LogP contribution is -2.40. The Hall–Kier alpha value is -4.06. The van der Waals surface area contributed by atoms with E-state index in [2.05, 4.69) is 29.0 Å². The number of aliphatic imine (C=N–C) groups is 1. The van der Waals surface area contributed by atoms with E-state index in [4.69, 9.17) is 9.73 Å². The summed E-state index contributed by atoms with van der Waals surface area (Å²) in [6, 6.07) is 32.5. The zero-order valence-electron chi connectivity index (χ0n) is 18.5. The highest BCUT2D eigenvalue weighted by atomic mass is 19.4. The van der Waals surface area contributed by atoms with Crippen LogP contribution in [0.25, 0.3) is 0 Å². The van der Waals surface area contributed by atoms with Crippen molar-refractivity contribution in [3.8, 4) is 11.5 Å². The van der Waals surface area contributed by atoms with Crippen LogP contribution in [0.1, 0.15) is 28.2 Å². The lowest BCUT2D eigenvalue weighted by atomic mass is 9.67. The van der Waals surface area contributed by atoms with E-state index in [1.165, 1.54) is 12.1 Å². The first-order chi connectivity index (χ1) is 17.0. The van der Waals surface area contributed by atoms with Crippen molar-refractivity contribution < 1.29 is 22.6 Å². The fourth-order valence-electron chi connectivity index (χ4n) is 5.28. The second kappa shape index (κ2) is 8.01. The van der Waals surface area contributed by atoms with Crippen molar-refractivity contribution in [3.63, 3.8) is 0 Å². The van der Waals surface area contributed by atoms with Gasteiger partial charge in [0.15, 0.2) is 0 Å². The summed E-state index contributed by atoms with van der Waals surface area (Å²) in [7, 11) is 0. The Morgan fingerprint density at radius 1 is 0.771 bits per heavy atom. The Morgan fingerprint density at radius 3 is 2.06 bits per heavy atom. The number of hydrogen-bond donors (Lipinski definition) is 0. The molecule has 4 aromatic carbocycles. The molecule has 1 spiro atoms. The van der Waals surface area contributed by atoms with Gasteiger partial charge in [0, 0.05) is 23.3 Å². The van der Waals surface area contributed by atoms with Crippen molar-refractivity contribution in [1.82, 2.24) is 0 Å². The zero-order valence-corrected chi connectivity index (χ0v) is 18.5. The number of fused-ring (bicyclic) bond motifs is 4. The van der Waals surface area contributed by atoms with E-state index in [0.717, 1.165) is 33.7 Å². The normalized spacial score (nSPS) is 18.2. The zero-order chi connectivity index (χ0) is 24.0. The first-order valence-corrected chi connectivity index (χ1v) is 11.3. The summed E-state index contributed by atoms with van der Waals surface area (Å²) < 4.78 is 48.8. The fraction of sp³-hybridized carbons (Fsp3) is 0.138. The summed E-state index contributed by atoms with van der Waals surface area (Å²) in [6.07, 6.45) is -4.77. The molecule has 4 aromatic rings. The second-order valence-electron chi connectivity index (χ2n) is 8.67. The molecule has 35 heavy (non-hydrogen) atoms. The van der Waals surface area contributed by atoms with E-state index in [1.807, 2.05) is 60.7 Å². The number of para-hydroxylation sites is 1. The molecule has 1 unspecified atom stereocenters. The average Bonchev–Trinajstić information content (AvgIpc) is 3.39. The molecule has 3 nitrogen and oxygen atoms in total. The maximum Gasteiger partial charge on any atom is 0.573 e. The fourth-order valence-corrected chi connectivity index (χ4v) is 5.28. The van der Waals surface area contributed by atoms with Gasteiger partial charge in [-0.3, -0.25) is 4.99 Å². The predicted molar refractivity (Wildman–Crippen MR) is 128 cm³/mol. The number of rotatable bonds is 4. The number of nitrogens with zero attached hydrogens (tertiary/aromatic N) is 1. The first kappa shape index (κ1) is 21.5. The smallest absolute Gasteiger partial charge is 0.491 e. The van der Waals surface area contributed by atoms with Gasteiger partial charge in [-0.05, 0) is 28.8 Å². The maximum absolute atomic E-state index is 12.8. The van der Waals surface area contributed by atoms with Gasteiger partial charge < -0.3 is 9.47 Å². The molecule has 2 aliphatic heterocycles. The summed E-state index contributed by atoms with van der Waals surface area (Å²) >= 11 is 0. The monoisotopic (exact) mass is 471 g/mol. The van der Waals surface area contributed by atoms with Gasteiger partial charge in [-0.15, -0.1) is 13.2 Å². The van der Waals surface area contributed by atoms with Crippen LogP contribution in [0.4, 0.5) is 18.9 Å². The minimum atomic E-state index is -4.77. The molecule has 0 radical (unpaired) electrons. The molecule has 6 heteroatoms. The van der Waals surface area contributed by atoms with Gasteiger partial charge in [0.2, 0.25) is 0 Å². The van der Waals surface area contributed by atoms with E-state index >= 15 is 0 Å². The van der Waals surface area contributed by atoms with Crippen LogP contribution in [-0.4, -0.2) is 18.7 Å². The molecule has 6 rings (SSSR count). The molecule has 0 N–H and O–H groups in total. The molecule has 174 valence electrons. The second-order valence-corrected chi connectivity index (χ2v) is 8.67. The molecule has 2 aliphatic rings. The molecule has 2 heterocycles. The molecule has 0 saturated carbocycles. The number of alkyl halides is 3. The number of benzene rings is 4. The van der Waals surface area contributed by atoms with Crippen molar-refractivity contribution >= 4 is 11.4 Å². The SMILES string of the molecule is FC(F)(F)Oc1ccc2c(c1)OCC21C(C(c2ccccc2)c2ccccc2)=Nc2ccccc21. The highest BCUT2D eigenvalue weighted by Crippen LogP contribution is 2.55. The Kier molecular flexibility index (Phi) is 4.92. The molecule has 0 amide bonds. The van der Waals surface area contributed by atoms with E-state index in [1.54, 1.807) is 6.07 Å². The highest BCUT2D eigenvalue weighted by Gasteiger charge is 2.53. The van der Waals surface area contributed by atoms with Crippen LogP contribution >= 0.6 is 0 Å². The molecule has 0 aliphatic carbocycles. The lowest BCUT2D eigenvalue weighted by Gasteiger charge is -2.31. The minimum absolute atomic E-state index is 0.176. The Balaban J connectivity index is 1.56. The van der Waals surface area contributed by atoms with Crippen LogP contribution in [0.2, 0.25) is 0 Å². The van der Waals surface area contributed by atoms with E-state index in [-0.39, 0.29) is 18.3 Å². The minimum Gasteiger partial charge on any atom is -0.491 e. The Labute approximate surface area is 200 Å². The maximum atomic E-state index is 12.8. The quantitative estimate of drug-likeness (QED) is 0.316. The summed E-state index contributed by atoms with van der Waals surface area (Å²) in [5, 5.41) is 0. The summed E-state index contributed by atoms with van der Waals surface area (Å²) in [4.78, 5) is 5.15. The molecule has 1 atom stereocenters. The van der Waals surface area contributed by atoms with Gasteiger partial charge in [0.05, 0.1) is 11.1 Å². The number of halogens is 3. The highest BCUT2D eigenvalue weighted by molar-refractivity contribution is 6.11. The average molecular weight is 471 g/mol. The van der Waals surface area contributed by atoms with Crippen molar-refractivity contribution in [2.45, 2.75) is 17.7 Å². The number of hydrogen-bond acceptors (Lipinski definition) is 3. The molecule has 0 bridgehead atoms. The summed E-state index contributed by atoms with van der Waals surface area (Å²) in [5.74, 6) is -0.109. The molecule has 0 fully saturated rings. The van der Waals surface area contributed by atoms with Gasteiger partial charge in [-0.1, -0.05) is 84.9 Å². The largest absolute Gasteiger partial charge is 0.573 e. The van der Waals surface area contributed by atoms with Crippen LogP contribution in [0.3, 0.4) is 0 Å². The first-order valence-electron chi connectivity index (χ1n) is 11.3. The molecular formula is C29H20F3NO2. The third kappa shape index (κ3) is 3.57. The van der Waals surface area contributed by atoms with Crippen molar-refractivity contribution in [2.75, 3.05) is 6.61 Å². The van der Waals surface area contributed by atoms with Crippen LogP contribution in [0.15, 0.2) is 108 Å². The van der Waals surface area contributed by atoms with Crippen molar-refractivity contribution in [3.05, 3.63) is 125 Å². The molecule has 0 aromatic heterocycles. The standard InChI is InChI=1S/C29H20F3NO2/c30-29(31,32)35-21-15-16-23-25(17-21)34-18-28(23)22-13-7-8-14-24(22)33-27(28)26(19-9-3-1-4-10-19)20-11-5-2-6-12-20/h1-17,26H,18H2. The van der Waals surface area contributed by atoms with Crippen LogP contribution in [0, 0.1) is 0 Å². The van der Waals surface area contributed by atoms with Crippen molar-refractivity contribution in [2.24, 2.45) is 4.99 Å². The molecule has 0 saturated heterocycles. The van der Waals surface area contributed by atoms with Gasteiger partial charge in [0.25, 0.3) is 0 Å². The number of ether oxygens (including phenoxy) is 2. The van der Waals surface area contributed by atoms with Crippen molar-refractivity contribution in [1.29, 1.82) is 0 Å². The summed E-state index contributed by atoms with van der Waals surface area (Å²) in [5.41, 5.74) is 4.91. The Bertz CT molecular complexity index is 1380. The van der Waals surface area contributed by atoms with Crippen LogP contribution < -0.4 is 9.47 Å². The third-order valence-corrected chi connectivity index (χ3v) is 6.67. The van der Waals surface area contributed by atoms with E-state index < -0.39 is 11.8 Å². The van der Waals surface area contributed by atoms with Gasteiger partial charge >= 0.3 is 6.36 Å². The van der Waals surface area contributed by atoms with E-state index in [0.29, 0.717) is 5.75 Å². The van der Waals surface area contributed by atoms with Gasteiger partial charge in [0.1, 0.15) is 18.1 Å². The lowest BCUT2D eigenvalue weighted by molar-refractivity contribution is -0.274. The summed E-state index contributed by atoms with van der Waals surface area (Å²) in [6.45, 7) is 0.240.